The van der Waals surface area contributed by atoms with Crippen LogP contribution in [0.1, 0.15) is 31.2 Å². The van der Waals surface area contributed by atoms with Crippen LogP contribution in [0, 0.1) is 11.8 Å². The van der Waals surface area contributed by atoms with E-state index in [0.29, 0.717) is 12.8 Å². The van der Waals surface area contributed by atoms with Gasteiger partial charge >= 0.3 is 6.18 Å². The summed E-state index contributed by atoms with van der Waals surface area (Å²) >= 11 is 0. The Labute approximate surface area is 104 Å². The van der Waals surface area contributed by atoms with Gasteiger partial charge in [-0.2, -0.15) is 13.2 Å². The molecule has 18 heavy (non-hydrogen) atoms. The molecule has 0 radical (unpaired) electrons. The summed E-state index contributed by atoms with van der Waals surface area (Å²) in [6, 6.07) is 1.68. The maximum absolute atomic E-state index is 12.9. The molecule has 3 unspecified atom stereocenters. The molecule has 1 aromatic heterocycles. The van der Waals surface area contributed by atoms with Gasteiger partial charge in [0.2, 0.25) is 0 Å². The lowest BCUT2D eigenvalue weighted by Gasteiger charge is -2.35. The van der Waals surface area contributed by atoms with Gasteiger partial charge in [-0.25, -0.2) is 0 Å². The Bertz CT molecular complexity index is 359. The molecule has 0 amide bonds. The standard InChI is InChI=1S/C13H17F3O2/c14-13(15,16)11-4-2-1-3-10(11)12(17)7-9-5-6-18-8-9/h5-6,8,10-12,17H,1-4,7H2. The Morgan fingerprint density at radius 2 is 2.06 bits per heavy atom. The molecular formula is C13H17F3O2. The minimum absolute atomic E-state index is 0.136. The molecule has 1 fully saturated rings. The fraction of sp³-hybridized carbons (Fsp3) is 0.692. The van der Waals surface area contributed by atoms with E-state index >= 15 is 0 Å². The number of aliphatic hydroxyl groups is 1. The average molecular weight is 262 g/mol. The zero-order chi connectivity index (χ0) is 13.2. The summed E-state index contributed by atoms with van der Waals surface area (Å²) in [4.78, 5) is 0. The Morgan fingerprint density at radius 3 is 2.67 bits per heavy atom. The summed E-state index contributed by atoms with van der Waals surface area (Å²) < 4.78 is 43.6. The van der Waals surface area contributed by atoms with E-state index in [2.05, 4.69) is 0 Å². The molecule has 2 rings (SSSR count). The summed E-state index contributed by atoms with van der Waals surface area (Å²) in [5, 5.41) is 10.0. The van der Waals surface area contributed by atoms with Gasteiger partial charge < -0.3 is 9.52 Å². The van der Waals surface area contributed by atoms with Gasteiger partial charge in [0.05, 0.1) is 24.5 Å². The van der Waals surface area contributed by atoms with Crippen LogP contribution >= 0.6 is 0 Å². The molecule has 1 aromatic rings. The number of furan rings is 1. The van der Waals surface area contributed by atoms with Crippen molar-refractivity contribution in [2.24, 2.45) is 11.8 Å². The van der Waals surface area contributed by atoms with E-state index < -0.39 is 24.1 Å². The molecular weight excluding hydrogens is 245 g/mol. The van der Waals surface area contributed by atoms with Crippen LogP contribution in [-0.2, 0) is 6.42 Å². The molecule has 5 heteroatoms. The van der Waals surface area contributed by atoms with Crippen molar-refractivity contribution in [3.8, 4) is 0 Å². The van der Waals surface area contributed by atoms with Gasteiger partial charge in [0.15, 0.2) is 0 Å². The molecule has 0 saturated heterocycles. The van der Waals surface area contributed by atoms with Gasteiger partial charge in [0, 0.05) is 6.42 Å². The van der Waals surface area contributed by atoms with Crippen LogP contribution in [0.4, 0.5) is 13.2 Å². The highest BCUT2D eigenvalue weighted by Crippen LogP contribution is 2.43. The summed E-state index contributed by atoms with van der Waals surface area (Å²) in [6.45, 7) is 0. The quantitative estimate of drug-likeness (QED) is 0.903. The number of aliphatic hydroxyl groups excluding tert-OH is 1. The summed E-state index contributed by atoms with van der Waals surface area (Å²) in [6.07, 6.45) is -0.0531. The van der Waals surface area contributed by atoms with E-state index in [0.717, 1.165) is 12.0 Å². The lowest BCUT2D eigenvalue weighted by atomic mass is 9.74. The molecule has 102 valence electrons. The van der Waals surface area contributed by atoms with Crippen LogP contribution in [-0.4, -0.2) is 17.4 Å². The number of alkyl halides is 3. The Morgan fingerprint density at radius 1 is 1.33 bits per heavy atom. The minimum Gasteiger partial charge on any atom is -0.472 e. The van der Waals surface area contributed by atoms with Crippen molar-refractivity contribution >= 4 is 0 Å². The van der Waals surface area contributed by atoms with Crippen LogP contribution in [0.2, 0.25) is 0 Å². The van der Waals surface area contributed by atoms with Gasteiger partial charge in [0.1, 0.15) is 0 Å². The van der Waals surface area contributed by atoms with E-state index in [1.807, 2.05) is 0 Å². The third-order valence-corrected chi connectivity index (χ3v) is 3.76. The second kappa shape index (κ2) is 5.34. The largest absolute Gasteiger partial charge is 0.472 e. The van der Waals surface area contributed by atoms with Crippen LogP contribution in [0.25, 0.3) is 0 Å². The number of hydrogen-bond donors (Lipinski definition) is 1. The highest BCUT2D eigenvalue weighted by molar-refractivity contribution is 5.07. The maximum atomic E-state index is 12.9. The molecule has 2 nitrogen and oxygen atoms in total. The van der Waals surface area contributed by atoms with Crippen molar-refractivity contribution < 1.29 is 22.7 Å². The first-order chi connectivity index (χ1) is 8.48. The molecule has 0 aliphatic heterocycles. The number of hydrogen-bond acceptors (Lipinski definition) is 2. The fourth-order valence-electron chi connectivity index (χ4n) is 2.83. The molecule has 1 heterocycles. The molecule has 1 N–H and O–H groups in total. The lowest BCUT2D eigenvalue weighted by molar-refractivity contribution is -0.206. The lowest BCUT2D eigenvalue weighted by Crippen LogP contribution is -2.40. The van der Waals surface area contributed by atoms with Crippen LogP contribution < -0.4 is 0 Å². The smallest absolute Gasteiger partial charge is 0.392 e. The summed E-state index contributed by atoms with van der Waals surface area (Å²) in [5.74, 6) is -2.05. The first-order valence-electron chi connectivity index (χ1n) is 6.24. The highest BCUT2D eigenvalue weighted by atomic mass is 19.4. The molecule has 0 bridgehead atoms. The minimum atomic E-state index is -4.21. The fourth-order valence-corrected chi connectivity index (χ4v) is 2.83. The molecule has 1 saturated carbocycles. The van der Waals surface area contributed by atoms with Crippen molar-refractivity contribution in [1.29, 1.82) is 0 Å². The first kappa shape index (κ1) is 13.5. The predicted molar refractivity (Wildman–Crippen MR) is 59.9 cm³/mol. The van der Waals surface area contributed by atoms with Crippen molar-refractivity contribution in [3.05, 3.63) is 24.2 Å². The average Bonchev–Trinajstić information content (AvgIpc) is 2.80. The van der Waals surface area contributed by atoms with Crippen LogP contribution in [0.5, 0.6) is 0 Å². The number of rotatable bonds is 3. The van der Waals surface area contributed by atoms with Gasteiger partial charge in [-0.1, -0.05) is 12.8 Å². The summed E-state index contributed by atoms with van der Waals surface area (Å²) in [7, 11) is 0. The third kappa shape index (κ3) is 3.07. The van der Waals surface area contributed by atoms with Gasteiger partial charge in [-0.15, -0.1) is 0 Å². The van der Waals surface area contributed by atoms with Gasteiger partial charge in [-0.3, -0.25) is 0 Å². The SMILES string of the molecule is OC(Cc1ccoc1)C1CCCCC1C(F)(F)F. The second-order valence-electron chi connectivity index (χ2n) is 5.00. The van der Waals surface area contributed by atoms with Crippen LogP contribution in [0.15, 0.2) is 23.0 Å². The normalized spacial score (nSPS) is 27.1. The predicted octanol–water partition coefficient (Wildman–Crippen LogP) is 3.55. The van der Waals surface area contributed by atoms with Gasteiger partial charge in [0.25, 0.3) is 0 Å². The third-order valence-electron chi connectivity index (χ3n) is 3.76. The molecule has 1 aliphatic carbocycles. The topological polar surface area (TPSA) is 33.4 Å². The van der Waals surface area contributed by atoms with Gasteiger partial charge in [-0.05, 0) is 30.4 Å². The van der Waals surface area contributed by atoms with E-state index in [1.54, 1.807) is 6.07 Å². The summed E-state index contributed by atoms with van der Waals surface area (Å²) in [5.41, 5.74) is 0.744. The van der Waals surface area contributed by atoms with Crippen molar-refractivity contribution in [2.45, 2.75) is 44.4 Å². The zero-order valence-electron chi connectivity index (χ0n) is 9.99. The van der Waals surface area contributed by atoms with E-state index in [1.165, 1.54) is 12.5 Å². The highest BCUT2D eigenvalue weighted by Gasteiger charge is 2.47. The van der Waals surface area contributed by atoms with Crippen molar-refractivity contribution in [1.82, 2.24) is 0 Å². The van der Waals surface area contributed by atoms with Crippen molar-refractivity contribution in [3.63, 3.8) is 0 Å². The Kier molecular flexibility index (Phi) is 4.00. The Hall–Kier alpha value is -0.970. The number of halogens is 3. The molecule has 0 spiro atoms. The molecule has 3 atom stereocenters. The second-order valence-corrected chi connectivity index (χ2v) is 5.00. The molecule has 1 aliphatic rings. The molecule has 0 aromatic carbocycles. The van der Waals surface area contributed by atoms with E-state index in [9.17, 15) is 18.3 Å². The monoisotopic (exact) mass is 262 g/mol. The zero-order valence-corrected chi connectivity index (χ0v) is 9.99. The van der Waals surface area contributed by atoms with Crippen LogP contribution in [0.3, 0.4) is 0 Å². The van der Waals surface area contributed by atoms with E-state index in [-0.39, 0.29) is 12.8 Å². The van der Waals surface area contributed by atoms with Crippen molar-refractivity contribution in [2.75, 3.05) is 0 Å². The Balaban J connectivity index is 2.04. The van der Waals surface area contributed by atoms with E-state index in [4.69, 9.17) is 4.42 Å². The maximum Gasteiger partial charge on any atom is 0.392 e. The first-order valence-corrected chi connectivity index (χ1v) is 6.24.